The van der Waals surface area contributed by atoms with E-state index in [0.29, 0.717) is 0 Å². The molecule has 0 N–H and O–H groups in total. The molecule has 0 fully saturated rings. The first-order valence-electron chi connectivity index (χ1n) is 7.18. The van der Waals surface area contributed by atoms with E-state index in [1.807, 2.05) is 66.7 Å². The fourth-order valence-corrected chi connectivity index (χ4v) is 5.22. The molecule has 0 aliphatic carbocycles. The second-order valence-electron chi connectivity index (χ2n) is 5.39. The third-order valence-corrected chi connectivity index (χ3v) is 6.89. The van der Waals surface area contributed by atoms with Gasteiger partial charge in [0.2, 0.25) is 14.2 Å². The Bertz CT molecular complexity index is 1080. The van der Waals surface area contributed by atoms with Crippen molar-refractivity contribution in [3.8, 4) is 0 Å². The van der Waals surface area contributed by atoms with Crippen LogP contribution in [0.15, 0.2) is 71.1 Å². The molecular formula is C18H13NO2S2. The van der Waals surface area contributed by atoms with Crippen LogP contribution in [-0.2, 0) is 15.6 Å². The summed E-state index contributed by atoms with van der Waals surface area (Å²) in [5.41, 5.74) is 1.51. The van der Waals surface area contributed by atoms with Crippen LogP contribution >= 0.6 is 11.3 Å². The predicted octanol–water partition coefficient (Wildman–Crippen LogP) is 4.42. The van der Waals surface area contributed by atoms with Gasteiger partial charge in [0.15, 0.2) is 0 Å². The minimum atomic E-state index is -3.44. The second-order valence-corrected chi connectivity index (χ2v) is 8.58. The van der Waals surface area contributed by atoms with Crippen molar-refractivity contribution >= 4 is 42.2 Å². The number of aromatic nitrogens is 1. The minimum absolute atomic E-state index is 0.0301. The first kappa shape index (κ1) is 14.4. The average molecular weight is 339 g/mol. The largest absolute Gasteiger partial charge is 0.225 e. The van der Waals surface area contributed by atoms with E-state index in [1.54, 1.807) is 0 Å². The summed E-state index contributed by atoms with van der Waals surface area (Å²) in [5.74, 6) is -0.0301. The Labute approximate surface area is 138 Å². The zero-order chi connectivity index (χ0) is 15.9. The van der Waals surface area contributed by atoms with Crippen molar-refractivity contribution in [3.05, 3.63) is 72.3 Å². The summed E-state index contributed by atoms with van der Waals surface area (Å²) in [7, 11) is -3.44. The van der Waals surface area contributed by atoms with Crippen molar-refractivity contribution < 1.29 is 8.42 Å². The number of hydrogen-bond donors (Lipinski definition) is 0. The van der Waals surface area contributed by atoms with Crippen molar-refractivity contribution in [2.75, 3.05) is 0 Å². The zero-order valence-electron chi connectivity index (χ0n) is 12.1. The van der Waals surface area contributed by atoms with Gasteiger partial charge >= 0.3 is 0 Å². The van der Waals surface area contributed by atoms with Gasteiger partial charge in [-0.15, -0.1) is 11.3 Å². The van der Waals surface area contributed by atoms with Gasteiger partial charge in [0.05, 0.1) is 16.0 Å². The molecular weight excluding hydrogens is 326 g/mol. The van der Waals surface area contributed by atoms with E-state index in [4.69, 9.17) is 0 Å². The molecule has 23 heavy (non-hydrogen) atoms. The standard InChI is InChI=1S/C18H13NO2S2/c20-23(21,18-19-16-7-3-4-8-17(16)22-18)12-13-9-10-14-5-1-2-6-15(14)11-13/h1-11H,12H2. The van der Waals surface area contributed by atoms with Crippen molar-refractivity contribution in [2.24, 2.45) is 0 Å². The van der Waals surface area contributed by atoms with E-state index in [9.17, 15) is 8.42 Å². The molecule has 0 amide bonds. The van der Waals surface area contributed by atoms with Gasteiger partial charge in [-0.25, -0.2) is 13.4 Å². The van der Waals surface area contributed by atoms with E-state index < -0.39 is 9.84 Å². The Balaban J connectivity index is 1.72. The first-order valence-corrected chi connectivity index (χ1v) is 9.65. The van der Waals surface area contributed by atoms with Crippen LogP contribution in [0.25, 0.3) is 21.0 Å². The quantitative estimate of drug-likeness (QED) is 0.555. The summed E-state index contributed by atoms with van der Waals surface area (Å²) < 4.78 is 26.4. The SMILES string of the molecule is O=S(=O)(Cc1ccc2ccccc2c1)c1nc2ccccc2s1. The highest BCUT2D eigenvalue weighted by Gasteiger charge is 2.20. The summed E-state index contributed by atoms with van der Waals surface area (Å²) in [4.78, 5) is 4.27. The van der Waals surface area contributed by atoms with E-state index in [0.717, 1.165) is 26.6 Å². The van der Waals surface area contributed by atoms with Crippen LogP contribution in [0.5, 0.6) is 0 Å². The lowest BCUT2D eigenvalue weighted by atomic mass is 10.1. The maximum Gasteiger partial charge on any atom is 0.210 e. The van der Waals surface area contributed by atoms with Gasteiger partial charge in [-0.1, -0.05) is 54.6 Å². The first-order chi connectivity index (χ1) is 11.1. The second kappa shape index (κ2) is 5.44. The van der Waals surface area contributed by atoms with Crippen LogP contribution in [0.3, 0.4) is 0 Å². The number of thiazole rings is 1. The lowest BCUT2D eigenvalue weighted by molar-refractivity contribution is 0.595. The Kier molecular flexibility index (Phi) is 3.39. The zero-order valence-corrected chi connectivity index (χ0v) is 13.8. The Morgan fingerprint density at radius 1 is 0.870 bits per heavy atom. The monoisotopic (exact) mass is 339 g/mol. The number of nitrogens with zero attached hydrogens (tertiary/aromatic N) is 1. The molecule has 1 heterocycles. The Morgan fingerprint density at radius 2 is 1.61 bits per heavy atom. The molecule has 0 aliphatic heterocycles. The number of para-hydroxylation sites is 1. The molecule has 0 unspecified atom stereocenters. The van der Waals surface area contributed by atoms with Crippen molar-refractivity contribution in [3.63, 3.8) is 0 Å². The smallest absolute Gasteiger partial charge is 0.210 e. The van der Waals surface area contributed by atoms with Gasteiger partial charge in [0, 0.05) is 0 Å². The fraction of sp³-hybridized carbons (Fsp3) is 0.0556. The highest BCUT2D eigenvalue weighted by molar-refractivity contribution is 7.92. The molecule has 0 atom stereocenters. The third-order valence-electron chi connectivity index (χ3n) is 3.71. The van der Waals surface area contributed by atoms with Crippen molar-refractivity contribution in [1.29, 1.82) is 0 Å². The van der Waals surface area contributed by atoms with Crippen LogP contribution in [0.1, 0.15) is 5.56 Å². The highest BCUT2D eigenvalue weighted by atomic mass is 32.2. The third kappa shape index (κ3) is 2.73. The van der Waals surface area contributed by atoms with Crippen LogP contribution in [0.4, 0.5) is 0 Å². The summed E-state index contributed by atoms with van der Waals surface area (Å²) in [6.07, 6.45) is 0. The molecule has 5 heteroatoms. The maximum atomic E-state index is 12.7. The van der Waals surface area contributed by atoms with Crippen molar-refractivity contribution in [1.82, 2.24) is 4.98 Å². The van der Waals surface area contributed by atoms with Crippen molar-refractivity contribution in [2.45, 2.75) is 10.1 Å². The van der Waals surface area contributed by atoms with Gasteiger partial charge in [0.1, 0.15) is 0 Å². The van der Waals surface area contributed by atoms with Gasteiger partial charge in [-0.2, -0.15) is 0 Å². The molecule has 3 aromatic carbocycles. The molecule has 3 nitrogen and oxygen atoms in total. The molecule has 0 bridgehead atoms. The number of fused-ring (bicyclic) bond motifs is 2. The molecule has 0 radical (unpaired) electrons. The molecule has 0 aliphatic rings. The number of hydrogen-bond acceptors (Lipinski definition) is 4. The van der Waals surface area contributed by atoms with Gasteiger partial charge in [-0.05, 0) is 28.5 Å². The molecule has 0 saturated heterocycles. The maximum absolute atomic E-state index is 12.7. The van der Waals surface area contributed by atoms with Crippen LogP contribution in [0.2, 0.25) is 0 Å². The van der Waals surface area contributed by atoms with E-state index >= 15 is 0 Å². The fourth-order valence-electron chi connectivity index (χ4n) is 2.59. The lowest BCUT2D eigenvalue weighted by Gasteiger charge is -2.03. The lowest BCUT2D eigenvalue weighted by Crippen LogP contribution is -2.04. The van der Waals surface area contributed by atoms with Crippen LogP contribution < -0.4 is 0 Å². The van der Waals surface area contributed by atoms with Gasteiger partial charge in [-0.3, -0.25) is 0 Å². The molecule has 4 rings (SSSR count). The minimum Gasteiger partial charge on any atom is -0.225 e. The summed E-state index contributed by atoms with van der Waals surface area (Å²) in [6.45, 7) is 0. The van der Waals surface area contributed by atoms with Gasteiger partial charge < -0.3 is 0 Å². The van der Waals surface area contributed by atoms with E-state index in [2.05, 4.69) is 4.98 Å². The van der Waals surface area contributed by atoms with Crippen LogP contribution in [-0.4, -0.2) is 13.4 Å². The molecule has 0 saturated carbocycles. The Hall–Kier alpha value is -2.24. The summed E-state index contributed by atoms with van der Waals surface area (Å²) >= 11 is 1.23. The number of rotatable bonds is 3. The normalized spacial score (nSPS) is 12.0. The molecule has 1 aromatic heterocycles. The highest BCUT2D eigenvalue weighted by Crippen LogP contribution is 2.28. The summed E-state index contributed by atoms with van der Waals surface area (Å²) in [5, 5.41) is 2.15. The summed E-state index contributed by atoms with van der Waals surface area (Å²) in [6, 6.07) is 21.2. The van der Waals surface area contributed by atoms with E-state index in [1.165, 1.54) is 11.3 Å². The van der Waals surface area contributed by atoms with Gasteiger partial charge in [0.25, 0.3) is 0 Å². The number of sulfone groups is 1. The molecule has 114 valence electrons. The van der Waals surface area contributed by atoms with E-state index in [-0.39, 0.29) is 10.1 Å². The Morgan fingerprint density at radius 3 is 2.43 bits per heavy atom. The molecule has 0 spiro atoms. The molecule has 4 aromatic rings. The predicted molar refractivity (Wildman–Crippen MR) is 94.5 cm³/mol. The van der Waals surface area contributed by atoms with Crippen LogP contribution in [0, 0.1) is 0 Å². The topological polar surface area (TPSA) is 47.0 Å². The number of benzene rings is 3. The average Bonchev–Trinajstić information content (AvgIpc) is 2.99.